The Balaban J connectivity index is 2.33. The molecule has 2 N–H and O–H groups in total. The smallest absolute Gasteiger partial charge is 0.387 e. The molecular weight excluding hydrogens is 272 g/mol. The molecule has 2 rings (SSSR count). The van der Waals surface area contributed by atoms with Gasteiger partial charge in [-0.3, -0.25) is 9.89 Å². The molecule has 1 aromatic carbocycles. The number of alkyl halides is 2. The summed E-state index contributed by atoms with van der Waals surface area (Å²) in [6, 6.07) is 2.94. The quantitative estimate of drug-likeness (QED) is 0.789. The molecule has 108 valence electrons. The van der Waals surface area contributed by atoms with Crippen LogP contribution >= 0.6 is 0 Å². The minimum absolute atomic E-state index is 0.0234. The summed E-state index contributed by atoms with van der Waals surface area (Å²) in [4.78, 5) is 12.0. The first-order valence-electron chi connectivity index (χ1n) is 5.82. The summed E-state index contributed by atoms with van der Waals surface area (Å²) in [5.74, 6) is -0.707. The van der Waals surface area contributed by atoms with Crippen molar-refractivity contribution in [2.75, 3.05) is 20.3 Å². The highest BCUT2D eigenvalue weighted by Crippen LogP contribution is 2.30. The predicted molar refractivity (Wildman–Crippen MR) is 66.9 cm³/mol. The Morgan fingerprint density at radius 2 is 2.30 bits per heavy atom. The second-order valence-corrected chi connectivity index (χ2v) is 3.89. The number of benzene rings is 1. The Kier molecular flexibility index (Phi) is 4.46. The van der Waals surface area contributed by atoms with E-state index in [2.05, 4.69) is 20.3 Å². The lowest BCUT2D eigenvalue weighted by Crippen LogP contribution is -2.27. The molecule has 0 fully saturated rings. The summed E-state index contributed by atoms with van der Waals surface area (Å²) in [6.07, 6.45) is 1.40. The standard InChI is InChI=1S/C12H13F2N3O3/c1-19-5-4-15-11(18)7-2-3-9-8(6-16-17-9)10(7)20-12(13)14/h2-3,6,12H,4-5H2,1H3,(H,15,18)(H,16,17). The number of hydrogen-bond acceptors (Lipinski definition) is 4. The van der Waals surface area contributed by atoms with Crippen LogP contribution in [0.2, 0.25) is 0 Å². The molecule has 0 unspecified atom stereocenters. The van der Waals surface area contributed by atoms with E-state index < -0.39 is 12.5 Å². The number of halogens is 2. The average Bonchev–Trinajstić information content (AvgIpc) is 2.87. The number of carbonyl (C=O) groups excluding carboxylic acids is 1. The summed E-state index contributed by atoms with van der Waals surface area (Å²) in [5, 5.41) is 9.28. The van der Waals surface area contributed by atoms with E-state index in [0.717, 1.165) is 0 Å². The largest absolute Gasteiger partial charge is 0.433 e. The molecule has 8 heteroatoms. The van der Waals surface area contributed by atoms with Crippen molar-refractivity contribution in [3.8, 4) is 5.75 Å². The van der Waals surface area contributed by atoms with Crippen molar-refractivity contribution in [3.63, 3.8) is 0 Å². The minimum Gasteiger partial charge on any atom is -0.433 e. The van der Waals surface area contributed by atoms with Crippen LogP contribution in [0, 0.1) is 0 Å². The molecule has 6 nitrogen and oxygen atoms in total. The first-order valence-corrected chi connectivity index (χ1v) is 5.82. The van der Waals surface area contributed by atoms with Gasteiger partial charge in [0.15, 0.2) is 0 Å². The SMILES string of the molecule is COCCNC(=O)c1ccc2n[nH]cc2c1OC(F)F. The van der Waals surface area contributed by atoms with E-state index >= 15 is 0 Å². The van der Waals surface area contributed by atoms with Gasteiger partial charge in [-0.1, -0.05) is 0 Å². The fourth-order valence-corrected chi connectivity index (χ4v) is 1.75. The zero-order valence-electron chi connectivity index (χ0n) is 10.7. The Hall–Kier alpha value is -2.22. The summed E-state index contributed by atoms with van der Waals surface area (Å²) in [7, 11) is 1.50. The summed E-state index contributed by atoms with van der Waals surface area (Å²) in [5.41, 5.74) is 0.462. The summed E-state index contributed by atoms with van der Waals surface area (Å²) < 4.78 is 34.3. The number of methoxy groups -OCH3 is 1. The number of amides is 1. The van der Waals surface area contributed by atoms with Crippen LogP contribution in [0.15, 0.2) is 18.3 Å². The Labute approximate surface area is 113 Å². The van der Waals surface area contributed by atoms with Crippen LogP contribution in [0.5, 0.6) is 5.75 Å². The molecule has 0 spiro atoms. The van der Waals surface area contributed by atoms with Crippen molar-refractivity contribution >= 4 is 16.8 Å². The van der Waals surface area contributed by atoms with Crippen molar-refractivity contribution in [1.82, 2.24) is 15.5 Å². The van der Waals surface area contributed by atoms with Crippen LogP contribution in [0.25, 0.3) is 10.9 Å². The van der Waals surface area contributed by atoms with E-state index in [1.165, 1.54) is 19.4 Å². The fourth-order valence-electron chi connectivity index (χ4n) is 1.75. The van der Waals surface area contributed by atoms with Gasteiger partial charge < -0.3 is 14.8 Å². The molecule has 0 radical (unpaired) electrons. The highest BCUT2D eigenvalue weighted by molar-refractivity contribution is 6.02. The number of H-pyrrole nitrogens is 1. The zero-order chi connectivity index (χ0) is 14.5. The Bertz CT molecular complexity index is 601. The van der Waals surface area contributed by atoms with Crippen molar-refractivity contribution < 1.29 is 23.0 Å². The van der Waals surface area contributed by atoms with Crippen LogP contribution in [0.1, 0.15) is 10.4 Å². The third-order valence-corrected chi connectivity index (χ3v) is 2.61. The van der Waals surface area contributed by atoms with Gasteiger partial charge in [-0.25, -0.2) is 0 Å². The molecular formula is C12H13F2N3O3. The lowest BCUT2D eigenvalue weighted by atomic mass is 10.1. The second kappa shape index (κ2) is 6.29. The normalized spacial score (nSPS) is 11.0. The number of rotatable bonds is 6. The van der Waals surface area contributed by atoms with Gasteiger partial charge in [0.25, 0.3) is 5.91 Å². The number of carbonyl (C=O) groups is 1. The zero-order valence-corrected chi connectivity index (χ0v) is 10.7. The van der Waals surface area contributed by atoms with Crippen molar-refractivity contribution in [1.29, 1.82) is 0 Å². The van der Waals surface area contributed by atoms with Gasteiger partial charge in [-0.15, -0.1) is 0 Å². The molecule has 20 heavy (non-hydrogen) atoms. The lowest BCUT2D eigenvalue weighted by molar-refractivity contribution is -0.0491. The topological polar surface area (TPSA) is 76.2 Å². The van der Waals surface area contributed by atoms with Gasteiger partial charge in [0, 0.05) is 19.9 Å². The van der Waals surface area contributed by atoms with Crippen molar-refractivity contribution in [2.24, 2.45) is 0 Å². The number of hydrogen-bond donors (Lipinski definition) is 2. The molecule has 0 aliphatic heterocycles. The molecule has 1 amide bonds. The van der Waals surface area contributed by atoms with E-state index in [0.29, 0.717) is 17.5 Å². The second-order valence-electron chi connectivity index (χ2n) is 3.89. The highest BCUT2D eigenvalue weighted by Gasteiger charge is 2.19. The first-order chi connectivity index (χ1) is 9.63. The summed E-state index contributed by atoms with van der Waals surface area (Å²) in [6.45, 7) is -2.43. The molecule has 0 saturated carbocycles. The number of ether oxygens (including phenoxy) is 2. The molecule has 1 heterocycles. The number of fused-ring (bicyclic) bond motifs is 1. The van der Waals surface area contributed by atoms with Gasteiger partial charge >= 0.3 is 6.61 Å². The Morgan fingerprint density at radius 1 is 1.50 bits per heavy atom. The van der Waals surface area contributed by atoms with E-state index in [1.807, 2.05) is 0 Å². The molecule has 0 saturated heterocycles. The average molecular weight is 285 g/mol. The van der Waals surface area contributed by atoms with Gasteiger partial charge in [-0.2, -0.15) is 13.9 Å². The number of aromatic nitrogens is 2. The molecule has 1 aromatic heterocycles. The third-order valence-electron chi connectivity index (χ3n) is 2.61. The van der Waals surface area contributed by atoms with Gasteiger partial charge in [0.2, 0.25) is 0 Å². The maximum absolute atomic E-state index is 12.5. The predicted octanol–water partition coefficient (Wildman–Crippen LogP) is 1.54. The van der Waals surface area contributed by atoms with Crippen LogP contribution in [0.4, 0.5) is 8.78 Å². The third kappa shape index (κ3) is 3.02. The maximum Gasteiger partial charge on any atom is 0.387 e. The highest BCUT2D eigenvalue weighted by atomic mass is 19.3. The van der Waals surface area contributed by atoms with Crippen LogP contribution in [0.3, 0.4) is 0 Å². The number of aromatic amines is 1. The van der Waals surface area contributed by atoms with E-state index in [9.17, 15) is 13.6 Å². The monoisotopic (exact) mass is 285 g/mol. The molecule has 0 aliphatic rings. The minimum atomic E-state index is -3.03. The van der Waals surface area contributed by atoms with Gasteiger partial charge in [0.05, 0.1) is 23.1 Å². The fraction of sp³-hybridized carbons (Fsp3) is 0.333. The maximum atomic E-state index is 12.5. The van der Waals surface area contributed by atoms with E-state index in [4.69, 9.17) is 4.74 Å². The molecule has 2 aromatic rings. The van der Waals surface area contributed by atoms with Gasteiger partial charge in [-0.05, 0) is 12.1 Å². The van der Waals surface area contributed by atoms with Crippen LogP contribution < -0.4 is 10.1 Å². The van der Waals surface area contributed by atoms with Crippen molar-refractivity contribution in [3.05, 3.63) is 23.9 Å². The number of nitrogens with zero attached hydrogens (tertiary/aromatic N) is 1. The molecule has 0 atom stereocenters. The Morgan fingerprint density at radius 3 is 3.00 bits per heavy atom. The molecule has 0 aliphatic carbocycles. The van der Waals surface area contributed by atoms with Crippen molar-refractivity contribution in [2.45, 2.75) is 6.61 Å². The van der Waals surface area contributed by atoms with E-state index in [1.54, 1.807) is 6.07 Å². The number of nitrogens with one attached hydrogen (secondary N) is 2. The van der Waals surface area contributed by atoms with Crippen LogP contribution in [-0.2, 0) is 4.74 Å². The van der Waals surface area contributed by atoms with E-state index in [-0.39, 0.29) is 17.9 Å². The summed E-state index contributed by atoms with van der Waals surface area (Å²) >= 11 is 0. The first kappa shape index (κ1) is 14.2. The van der Waals surface area contributed by atoms with Crippen LogP contribution in [-0.4, -0.2) is 43.0 Å². The van der Waals surface area contributed by atoms with Gasteiger partial charge in [0.1, 0.15) is 5.75 Å². The molecule has 0 bridgehead atoms. The lowest BCUT2D eigenvalue weighted by Gasteiger charge is -2.11.